The molecule has 0 N–H and O–H groups in total. The maximum absolute atomic E-state index is 11.7. The molecule has 1 rings (SSSR count). The minimum absolute atomic E-state index is 0. The average molecular weight is 389 g/mol. The molecule has 0 bridgehead atoms. The molecule has 0 heterocycles. The number of aliphatic imine (C=N–C) groups is 1. The van der Waals surface area contributed by atoms with Gasteiger partial charge in [0.15, 0.2) is 0 Å². The van der Waals surface area contributed by atoms with Crippen LogP contribution in [0.25, 0.3) is 16.0 Å². The van der Waals surface area contributed by atoms with Crippen LogP contribution < -0.4 is 5.11 Å². The molecule has 0 saturated heterocycles. The summed E-state index contributed by atoms with van der Waals surface area (Å²) in [6.45, 7) is 7.76. The summed E-state index contributed by atoms with van der Waals surface area (Å²) in [5, 5.41) is 12.3. The van der Waals surface area contributed by atoms with Gasteiger partial charge in [0.1, 0.15) is 0 Å². The molecule has 0 aliphatic carbocycles. The Morgan fingerprint density at radius 2 is 1.82 bits per heavy atom. The first-order valence-electron chi connectivity index (χ1n) is 6.36. The van der Waals surface area contributed by atoms with E-state index in [-0.39, 0.29) is 27.3 Å². The molecule has 9 heteroatoms. The molecule has 0 aliphatic rings. The Labute approximate surface area is 150 Å². The zero-order valence-corrected chi connectivity index (χ0v) is 14.8. The van der Waals surface area contributed by atoms with Gasteiger partial charge in [0, 0.05) is 22.8 Å². The fourth-order valence-electron chi connectivity index (χ4n) is 1.58. The van der Waals surface area contributed by atoms with E-state index in [1.807, 2.05) is 0 Å². The number of halogens is 2. The summed E-state index contributed by atoms with van der Waals surface area (Å²) < 4.78 is 0. The van der Waals surface area contributed by atoms with E-state index < -0.39 is 0 Å². The van der Waals surface area contributed by atoms with Crippen molar-refractivity contribution in [3.63, 3.8) is 0 Å². The zero-order chi connectivity index (χ0) is 16.3. The van der Waals surface area contributed by atoms with E-state index in [1.54, 1.807) is 12.3 Å². The maximum atomic E-state index is 11.7. The summed E-state index contributed by atoms with van der Waals surface area (Å²) in [4.78, 5) is 8.00. The van der Waals surface area contributed by atoms with Crippen LogP contribution in [0.4, 0.5) is 0 Å². The van der Waals surface area contributed by atoms with Crippen molar-refractivity contribution >= 4 is 29.4 Å². The Balaban J connectivity index is 0. The van der Waals surface area contributed by atoms with Crippen LogP contribution in [0.3, 0.4) is 0 Å². The van der Waals surface area contributed by atoms with Gasteiger partial charge in [-0.05, 0) is 30.8 Å². The monoisotopic (exact) mass is 387 g/mol. The molecule has 1 radical (unpaired) electrons. The molecule has 123 valence electrons. The third kappa shape index (κ3) is 9.13. The molecule has 0 unspecified atom stereocenters. The van der Waals surface area contributed by atoms with Gasteiger partial charge in [-0.15, -0.1) is 0 Å². The Kier molecular flexibility index (Phi) is 14.5. The molecule has 0 spiro atoms. The van der Waals surface area contributed by atoms with Crippen molar-refractivity contribution in [3.05, 3.63) is 43.7 Å². The van der Waals surface area contributed by atoms with Crippen molar-refractivity contribution in [1.82, 2.24) is 4.90 Å². The number of hydrogen-bond acceptors (Lipinski definition) is 3. The van der Waals surface area contributed by atoms with Gasteiger partial charge >= 0.3 is 16.5 Å². The SMILES string of the molecule is CCN(CC)CCN=Cc1cc(Cl)cc(Cl)c1[O-].[N-]=[N+]=[N-].[Ni+3]. The van der Waals surface area contributed by atoms with Gasteiger partial charge in [-0.2, -0.15) is 0 Å². The van der Waals surface area contributed by atoms with Gasteiger partial charge in [-0.25, -0.2) is 0 Å². The summed E-state index contributed by atoms with van der Waals surface area (Å²) in [5.41, 5.74) is 13.9. The van der Waals surface area contributed by atoms with E-state index in [4.69, 9.17) is 34.3 Å². The topological polar surface area (TPSA) is 97.4 Å². The van der Waals surface area contributed by atoms with Gasteiger partial charge < -0.3 is 21.1 Å². The summed E-state index contributed by atoms with van der Waals surface area (Å²) in [6.07, 6.45) is 1.55. The molecule has 0 amide bonds. The van der Waals surface area contributed by atoms with E-state index in [0.717, 1.165) is 19.6 Å². The van der Waals surface area contributed by atoms with Crippen LogP contribution in [-0.2, 0) is 16.5 Å². The van der Waals surface area contributed by atoms with Crippen LogP contribution in [0, 0.1) is 0 Å². The summed E-state index contributed by atoms with van der Waals surface area (Å²) in [5.74, 6) is -0.229. The second-order valence-electron chi connectivity index (χ2n) is 3.96. The Hall–Kier alpha value is -0.966. The van der Waals surface area contributed by atoms with Crippen LogP contribution in [0.5, 0.6) is 5.75 Å². The van der Waals surface area contributed by atoms with Crippen LogP contribution in [0.15, 0.2) is 17.1 Å². The molecule has 0 aromatic heterocycles. The number of benzene rings is 1. The molecule has 0 atom stereocenters. The zero-order valence-electron chi connectivity index (χ0n) is 12.3. The first kappa shape index (κ1) is 23.3. The van der Waals surface area contributed by atoms with Crippen molar-refractivity contribution < 1.29 is 21.6 Å². The van der Waals surface area contributed by atoms with E-state index in [0.29, 0.717) is 17.1 Å². The summed E-state index contributed by atoms with van der Waals surface area (Å²) in [7, 11) is 0. The largest absolute Gasteiger partial charge is 3.00 e. The van der Waals surface area contributed by atoms with Crippen LogP contribution in [-0.4, -0.2) is 37.3 Å². The van der Waals surface area contributed by atoms with Gasteiger partial charge in [-0.1, -0.05) is 42.8 Å². The number of rotatable bonds is 6. The predicted octanol–water partition coefficient (Wildman–Crippen LogP) is 3.69. The van der Waals surface area contributed by atoms with Crippen LogP contribution in [0.2, 0.25) is 10.0 Å². The Morgan fingerprint density at radius 3 is 2.32 bits per heavy atom. The number of hydrogen-bond donors (Lipinski definition) is 0. The van der Waals surface area contributed by atoms with Crippen molar-refractivity contribution in [1.29, 1.82) is 0 Å². The average Bonchev–Trinajstić information content (AvgIpc) is 2.45. The molecule has 0 saturated carbocycles. The Bertz CT molecular complexity index is 503. The van der Waals surface area contributed by atoms with Gasteiger partial charge in [0.05, 0.1) is 6.54 Å². The molecular formula is C13H17Cl2N5NiO+. The van der Waals surface area contributed by atoms with E-state index >= 15 is 0 Å². The first-order valence-corrected chi connectivity index (χ1v) is 7.12. The van der Waals surface area contributed by atoms with Crippen LogP contribution >= 0.6 is 23.2 Å². The van der Waals surface area contributed by atoms with Crippen molar-refractivity contribution in [2.24, 2.45) is 4.99 Å². The molecule has 22 heavy (non-hydrogen) atoms. The quantitative estimate of drug-likeness (QED) is 0.244. The fourth-order valence-corrected chi connectivity index (χ4v) is 2.09. The van der Waals surface area contributed by atoms with Crippen molar-refractivity contribution in [3.8, 4) is 5.75 Å². The fraction of sp³-hybridized carbons (Fsp3) is 0.462. The van der Waals surface area contributed by atoms with E-state index in [2.05, 4.69) is 23.7 Å². The molecule has 1 aromatic rings. The first-order chi connectivity index (χ1) is 9.99. The molecule has 1 aromatic carbocycles. The van der Waals surface area contributed by atoms with Gasteiger partial charge in [-0.3, -0.25) is 9.90 Å². The summed E-state index contributed by atoms with van der Waals surface area (Å²) >= 11 is 11.6. The smallest absolute Gasteiger partial charge is 0.871 e. The van der Waals surface area contributed by atoms with E-state index in [9.17, 15) is 5.11 Å². The van der Waals surface area contributed by atoms with Crippen molar-refractivity contribution in [2.75, 3.05) is 26.2 Å². The summed E-state index contributed by atoms with van der Waals surface area (Å²) in [6, 6.07) is 3.02. The predicted molar refractivity (Wildman–Crippen MR) is 86.2 cm³/mol. The molecule has 0 aliphatic heterocycles. The number of nitrogens with zero attached hydrogens (tertiary/aromatic N) is 5. The third-order valence-corrected chi connectivity index (χ3v) is 3.21. The number of likely N-dealkylation sites (N-methyl/N-ethyl adjacent to an activating group) is 1. The molecule has 0 fully saturated rings. The third-order valence-electron chi connectivity index (χ3n) is 2.71. The van der Waals surface area contributed by atoms with Crippen LogP contribution in [0.1, 0.15) is 19.4 Å². The van der Waals surface area contributed by atoms with E-state index in [1.165, 1.54) is 11.0 Å². The molecular weight excluding hydrogens is 372 g/mol. The second kappa shape index (κ2) is 13.7. The minimum atomic E-state index is -0.229. The normalized spacial score (nSPS) is 9.86. The second-order valence-corrected chi connectivity index (χ2v) is 4.80. The van der Waals surface area contributed by atoms with Gasteiger partial charge in [0.2, 0.25) is 0 Å². The minimum Gasteiger partial charge on any atom is -0.871 e. The maximum Gasteiger partial charge on any atom is 3.00 e. The Morgan fingerprint density at radius 1 is 1.27 bits per heavy atom. The molecule has 6 nitrogen and oxygen atoms in total. The van der Waals surface area contributed by atoms with Gasteiger partial charge in [0.25, 0.3) is 0 Å². The van der Waals surface area contributed by atoms with Crippen molar-refractivity contribution in [2.45, 2.75) is 13.8 Å². The standard InChI is InChI=1S/C13H18Cl2N2O.N3.Ni/c1-3-17(4-2)6-5-16-9-10-7-11(14)8-12(15)13(10)18;1-3-2;/h7-9,18H,3-6H2,1-2H3;;/q;-1;+3/p-1.